The number of amides is 2. The molecule has 1 atom stereocenters. The summed E-state index contributed by atoms with van der Waals surface area (Å²) >= 11 is 5.89. The van der Waals surface area contributed by atoms with E-state index in [1.54, 1.807) is 18.2 Å². The minimum atomic E-state index is -0.111. The van der Waals surface area contributed by atoms with Gasteiger partial charge in [0.1, 0.15) is 0 Å². The molecule has 1 fully saturated rings. The summed E-state index contributed by atoms with van der Waals surface area (Å²) in [5.41, 5.74) is 0.700. The Hall–Kier alpha value is -1.26. The molecular weight excluding hydrogens is 264 g/mol. The fourth-order valence-corrected chi connectivity index (χ4v) is 2.67. The number of piperidine rings is 1. The number of carbonyl (C=O) groups is 1. The van der Waals surface area contributed by atoms with Gasteiger partial charge in [0.25, 0.3) is 0 Å². The van der Waals surface area contributed by atoms with Crippen molar-refractivity contribution in [3.8, 4) is 0 Å². The van der Waals surface area contributed by atoms with Crippen molar-refractivity contribution in [2.75, 3.05) is 18.5 Å². The standard InChI is InChI=1S/C14H19ClN2O2/c15-11-4-3-5-12(10-11)16-14(19)17-8-2-1-6-13(17)7-9-18/h3-5,10,13,18H,1-2,6-9H2,(H,16,19). The molecule has 0 saturated carbocycles. The smallest absolute Gasteiger partial charge is 0.322 e. The molecule has 1 aliphatic rings. The Morgan fingerprint density at radius 3 is 3.05 bits per heavy atom. The Morgan fingerprint density at radius 2 is 2.32 bits per heavy atom. The van der Waals surface area contributed by atoms with Crippen molar-refractivity contribution in [3.05, 3.63) is 29.3 Å². The number of likely N-dealkylation sites (tertiary alicyclic amines) is 1. The van der Waals surface area contributed by atoms with Gasteiger partial charge in [0.15, 0.2) is 0 Å². The third-order valence-corrected chi connectivity index (χ3v) is 3.66. The topological polar surface area (TPSA) is 52.6 Å². The van der Waals surface area contributed by atoms with Crippen LogP contribution in [-0.4, -0.2) is 35.2 Å². The number of aliphatic hydroxyl groups excluding tert-OH is 1. The lowest BCUT2D eigenvalue weighted by molar-refractivity contribution is 0.141. The zero-order valence-electron chi connectivity index (χ0n) is 10.8. The molecule has 0 aliphatic carbocycles. The second kappa shape index (κ2) is 6.78. The molecule has 2 N–H and O–H groups in total. The van der Waals surface area contributed by atoms with Crippen molar-refractivity contribution < 1.29 is 9.90 Å². The van der Waals surface area contributed by atoms with Crippen LogP contribution in [0.1, 0.15) is 25.7 Å². The Morgan fingerprint density at radius 1 is 1.47 bits per heavy atom. The molecule has 2 amide bonds. The van der Waals surface area contributed by atoms with Crippen LogP contribution in [0, 0.1) is 0 Å². The third-order valence-electron chi connectivity index (χ3n) is 3.43. The number of halogens is 1. The molecule has 1 aromatic rings. The largest absolute Gasteiger partial charge is 0.396 e. The zero-order chi connectivity index (χ0) is 13.7. The highest BCUT2D eigenvalue weighted by Gasteiger charge is 2.26. The summed E-state index contributed by atoms with van der Waals surface area (Å²) in [5.74, 6) is 0. The van der Waals surface area contributed by atoms with E-state index < -0.39 is 0 Å². The van der Waals surface area contributed by atoms with Crippen LogP contribution in [0.5, 0.6) is 0 Å². The van der Waals surface area contributed by atoms with Crippen LogP contribution in [0.25, 0.3) is 0 Å². The molecule has 0 spiro atoms. The molecule has 5 heteroatoms. The van der Waals surface area contributed by atoms with Gasteiger partial charge < -0.3 is 15.3 Å². The number of benzene rings is 1. The molecule has 1 aromatic carbocycles. The maximum atomic E-state index is 12.3. The molecule has 4 nitrogen and oxygen atoms in total. The van der Waals surface area contributed by atoms with E-state index in [-0.39, 0.29) is 18.7 Å². The van der Waals surface area contributed by atoms with Gasteiger partial charge in [-0.15, -0.1) is 0 Å². The number of urea groups is 1. The van der Waals surface area contributed by atoms with E-state index in [9.17, 15) is 4.79 Å². The SMILES string of the molecule is O=C(Nc1cccc(Cl)c1)N1CCCCC1CCO. The number of hydrogen-bond acceptors (Lipinski definition) is 2. The van der Waals surface area contributed by atoms with Crippen molar-refractivity contribution in [2.45, 2.75) is 31.7 Å². The lowest BCUT2D eigenvalue weighted by atomic mass is 10.0. The molecule has 1 aliphatic heterocycles. The van der Waals surface area contributed by atoms with Crippen LogP contribution < -0.4 is 5.32 Å². The molecular formula is C14H19ClN2O2. The highest BCUT2D eigenvalue weighted by molar-refractivity contribution is 6.30. The molecule has 19 heavy (non-hydrogen) atoms. The van der Waals surface area contributed by atoms with E-state index in [0.717, 1.165) is 25.8 Å². The quantitative estimate of drug-likeness (QED) is 0.895. The molecule has 0 aromatic heterocycles. The number of anilines is 1. The van der Waals surface area contributed by atoms with Crippen molar-refractivity contribution >= 4 is 23.3 Å². The molecule has 2 rings (SSSR count). The van der Waals surface area contributed by atoms with Crippen LogP contribution in [-0.2, 0) is 0 Å². The summed E-state index contributed by atoms with van der Waals surface area (Å²) in [6.45, 7) is 0.864. The first-order valence-electron chi connectivity index (χ1n) is 6.65. The average molecular weight is 283 g/mol. The predicted molar refractivity (Wildman–Crippen MR) is 76.5 cm³/mol. The third kappa shape index (κ3) is 3.85. The predicted octanol–water partition coefficient (Wildman–Crippen LogP) is 3.11. The highest BCUT2D eigenvalue weighted by Crippen LogP contribution is 2.21. The zero-order valence-corrected chi connectivity index (χ0v) is 11.6. The van der Waals surface area contributed by atoms with Gasteiger partial charge in [-0.1, -0.05) is 17.7 Å². The Bertz CT molecular complexity index is 437. The second-order valence-electron chi connectivity index (χ2n) is 4.80. The van der Waals surface area contributed by atoms with Gasteiger partial charge in [-0.05, 0) is 43.9 Å². The van der Waals surface area contributed by atoms with E-state index in [2.05, 4.69) is 5.32 Å². The molecule has 1 saturated heterocycles. The van der Waals surface area contributed by atoms with Crippen LogP contribution >= 0.6 is 11.6 Å². The first-order valence-corrected chi connectivity index (χ1v) is 7.02. The number of hydrogen-bond donors (Lipinski definition) is 2. The van der Waals surface area contributed by atoms with Crippen LogP contribution in [0.15, 0.2) is 24.3 Å². The van der Waals surface area contributed by atoms with Crippen LogP contribution in [0.4, 0.5) is 10.5 Å². The van der Waals surface area contributed by atoms with Gasteiger partial charge in [-0.25, -0.2) is 4.79 Å². The first-order chi connectivity index (χ1) is 9.20. The molecule has 104 valence electrons. The molecule has 1 unspecified atom stereocenters. The summed E-state index contributed by atoms with van der Waals surface area (Å²) in [5, 5.41) is 12.5. The highest BCUT2D eigenvalue weighted by atomic mass is 35.5. The van der Waals surface area contributed by atoms with Crippen molar-refractivity contribution in [1.29, 1.82) is 0 Å². The molecule has 1 heterocycles. The summed E-state index contributed by atoms with van der Waals surface area (Å²) in [6, 6.07) is 7.14. The monoisotopic (exact) mass is 282 g/mol. The minimum absolute atomic E-state index is 0.111. The van der Waals surface area contributed by atoms with Crippen molar-refractivity contribution in [3.63, 3.8) is 0 Å². The van der Waals surface area contributed by atoms with Gasteiger partial charge in [0.05, 0.1) is 0 Å². The van der Waals surface area contributed by atoms with Crippen molar-refractivity contribution in [2.24, 2.45) is 0 Å². The summed E-state index contributed by atoms with van der Waals surface area (Å²) < 4.78 is 0. The molecule has 0 bridgehead atoms. The second-order valence-corrected chi connectivity index (χ2v) is 5.23. The van der Waals surface area contributed by atoms with Gasteiger partial charge in [0, 0.05) is 29.9 Å². The van der Waals surface area contributed by atoms with Gasteiger partial charge in [-0.3, -0.25) is 0 Å². The maximum absolute atomic E-state index is 12.3. The lowest BCUT2D eigenvalue weighted by Crippen LogP contribution is -2.46. The summed E-state index contributed by atoms with van der Waals surface area (Å²) in [6.07, 6.45) is 3.74. The van der Waals surface area contributed by atoms with Gasteiger partial charge in [0.2, 0.25) is 0 Å². The Labute approximate surface area is 118 Å². The maximum Gasteiger partial charge on any atom is 0.322 e. The first kappa shape index (κ1) is 14.2. The molecule has 0 radical (unpaired) electrons. The number of rotatable bonds is 3. The Kier molecular flexibility index (Phi) is 5.05. The summed E-state index contributed by atoms with van der Waals surface area (Å²) in [7, 11) is 0. The normalized spacial score (nSPS) is 19.3. The van der Waals surface area contributed by atoms with E-state index in [0.29, 0.717) is 17.1 Å². The number of aliphatic hydroxyl groups is 1. The average Bonchev–Trinajstić information content (AvgIpc) is 2.39. The van der Waals surface area contributed by atoms with Crippen LogP contribution in [0.2, 0.25) is 5.02 Å². The van der Waals surface area contributed by atoms with Crippen molar-refractivity contribution in [1.82, 2.24) is 4.90 Å². The van der Waals surface area contributed by atoms with Crippen LogP contribution in [0.3, 0.4) is 0 Å². The van der Waals surface area contributed by atoms with E-state index >= 15 is 0 Å². The van der Waals surface area contributed by atoms with Gasteiger partial charge >= 0.3 is 6.03 Å². The van der Waals surface area contributed by atoms with E-state index in [4.69, 9.17) is 16.7 Å². The lowest BCUT2D eigenvalue weighted by Gasteiger charge is -2.35. The summed E-state index contributed by atoms with van der Waals surface area (Å²) in [4.78, 5) is 14.1. The fourth-order valence-electron chi connectivity index (χ4n) is 2.48. The fraction of sp³-hybridized carbons (Fsp3) is 0.500. The van der Waals surface area contributed by atoms with E-state index in [1.165, 1.54) is 0 Å². The van der Waals surface area contributed by atoms with E-state index in [1.807, 2.05) is 11.0 Å². The van der Waals surface area contributed by atoms with Gasteiger partial charge in [-0.2, -0.15) is 0 Å². The minimum Gasteiger partial charge on any atom is -0.396 e. The number of carbonyl (C=O) groups excluding carboxylic acids is 1. The number of nitrogens with zero attached hydrogens (tertiary/aromatic N) is 1. The Balaban J connectivity index is 2.01. The number of nitrogens with one attached hydrogen (secondary N) is 1.